The highest BCUT2D eigenvalue weighted by Gasteiger charge is 2.21. The summed E-state index contributed by atoms with van der Waals surface area (Å²) in [4.78, 5) is 22.7. The normalized spacial score (nSPS) is 15.6. The third-order valence-electron chi connectivity index (χ3n) is 5.13. The van der Waals surface area contributed by atoms with Crippen LogP contribution in [0.5, 0.6) is 0 Å². The van der Waals surface area contributed by atoms with E-state index in [-0.39, 0.29) is 29.9 Å². The van der Waals surface area contributed by atoms with Crippen molar-refractivity contribution in [3.8, 4) is 0 Å². The van der Waals surface area contributed by atoms with Crippen molar-refractivity contribution < 1.29 is 4.79 Å². The van der Waals surface area contributed by atoms with Crippen LogP contribution < -0.4 is 16.0 Å². The minimum atomic E-state index is 0. The van der Waals surface area contributed by atoms with Gasteiger partial charge in [0.05, 0.1) is 6.54 Å². The van der Waals surface area contributed by atoms with Crippen LogP contribution in [0.2, 0.25) is 0 Å². The number of carbonyl (C=O) groups is 1. The Morgan fingerprint density at radius 2 is 2.00 bits per heavy atom. The Balaban J connectivity index is 0.00000420. The SMILES string of the molecule is CCCNC(=O)CN1CCC(NC(=NC)NCCCCn2ccnc2C)CC1.I. The Morgan fingerprint density at radius 3 is 2.62 bits per heavy atom. The molecule has 1 aliphatic rings. The second-order valence-electron chi connectivity index (χ2n) is 7.42. The fraction of sp³-hybridized carbons (Fsp3) is 0.750. The molecule has 1 fully saturated rings. The standard InChI is InChI=1S/C20H37N7O.HI/c1-4-9-23-19(28)16-26-13-7-18(8-14-26)25-20(21-3)24-10-5-6-12-27-15-11-22-17(27)2;/h11,15,18H,4-10,12-14,16H2,1-3H3,(H,23,28)(H2,21,24,25);1H. The van der Waals surface area contributed by atoms with Gasteiger partial charge in [0.25, 0.3) is 0 Å². The number of amides is 1. The molecule has 1 saturated heterocycles. The number of hydrogen-bond acceptors (Lipinski definition) is 4. The fourth-order valence-corrected chi connectivity index (χ4v) is 3.40. The average Bonchev–Trinajstić information content (AvgIpc) is 3.11. The molecule has 0 spiro atoms. The van der Waals surface area contributed by atoms with Crippen LogP contribution in [0.4, 0.5) is 0 Å². The topological polar surface area (TPSA) is 86.6 Å². The van der Waals surface area contributed by atoms with Crippen molar-refractivity contribution in [1.29, 1.82) is 0 Å². The first-order valence-corrected chi connectivity index (χ1v) is 10.6. The highest BCUT2D eigenvalue weighted by molar-refractivity contribution is 14.0. The number of hydrogen-bond donors (Lipinski definition) is 3. The summed E-state index contributed by atoms with van der Waals surface area (Å²) in [5.74, 6) is 2.08. The Morgan fingerprint density at radius 1 is 1.24 bits per heavy atom. The van der Waals surface area contributed by atoms with Crippen molar-refractivity contribution in [2.45, 2.75) is 58.5 Å². The first-order chi connectivity index (χ1) is 13.6. The van der Waals surface area contributed by atoms with Crippen molar-refractivity contribution in [2.24, 2.45) is 4.99 Å². The molecular formula is C20H38IN7O. The molecule has 1 aromatic heterocycles. The lowest BCUT2D eigenvalue weighted by Crippen LogP contribution is -2.50. The van der Waals surface area contributed by atoms with Gasteiger partial charge >= 0.3 is 0 Å². The molecule has 0 aromatic carbocycles. The third kappa shape index (κ3) is 9.79. The van der Waals surface area contributed by atoms with Crippen LogP contribution >= 0.6 is 24.0 Å². The zero-order valence-electron chi connectivity index (χ0n) is 18.1. The van der Waals surface area contributed by atoms with E-state index in [0.29, 0.717) is 12.6 Å². The Bertz CT molecular complexity index is 612. The van der Waals surface area contributed by atoms with Crippen LogP contribution in [0.3, 0.4) is 0 Å². The summed E-state index contributed by atoms with van der Waals surface area (Å²) in [6, 6.07) is 0.412. The van der Waals surface area contributed by atoms with Crippen LogP contribution in [0.15, 0.2) is 17.4 Å². The number of likely N-dealkylation sites (tertiary alicyclic amines) is 1. The molecule has 0 saturated carbocycles. The molecule has 3 N–H and O–H groups in total. The summed E-state index contributed by atoms with van der Waals surface area (Å²) in [5, 5.41) is 9.89. The van der Waals surface area contributed by atoms with Crippen molar-refractivity contribution in [1.82, 2.24) is 30.4 Å². The van der Waals surface area contributed by atoms with Gasteiger partial charge in [0.2, 0.25) is 5.91 Å². The maximum absolute atomic E-state index is 11.8. The van der Waals surface area contributed by atoms with Gasteiger partial charge in [0, 0.05) is 58.2 Å². The van der Waals surface area contributed by atoms with Crippen molar-refractivity contribution in [3.05, 3.63) is 18.2 Å². The maximum atomic E-state index is 11.8. The van der Waals surface area contributed by atoms with Crippen LogP contribution in [0.1, 0.15) is 44.9 Å². The lowest BCUT2D eigenvalue weighted by Gasteiger charge is -2.32. The van der Waals surface area contributed by atoms with E-state index in [2.05, 4.69) is 42.3 Å². The fourth-order valence-electron chi connectivity index (χ4n) is 3.40. The summed E-state index contributed by atoms with van der Waals surface area (Å²) in [5.41, 5.74) is 0. The Kier molecular flexibility index (Phi) is 12.9. The summed E-state index contributed by atoms with van der Waals surface area (Å²) >= 11 is 0. The number of aryl methyl sites for hydroxylation is 2. The first-order valence-electron chi connectivity index (χ1n) is 10.6. The zero-order valence-corrected chi connectivity index (χ0v) is 20.4. The molecule has 166 valence electrons. The molecule has 2 rings (SSSR count). The molecule has 29 heavy (non-hydrogen) atoms. The second-order valence-corrected chi connectivity index (χ2v) is 7.42. The van der Waals surface area contributed by atoms with Gasteiger partial charge in [-0.2, -0.15) is 0 Å². The number of nitrogens with one attached hydrogen (secondary N) is 3. The van der Waals surface area contributed by atoms with E-state index in [9.17, 15) is 4.79 Å². The van der Waals surface area contributed by atoms with Crippen molar-refractivity contribution >= 4 is 35.8 Å². The minimum Gasteiger partial charge on any atom is -0.356 e. The van der Waals surface area contributed by atoms with Gasteiger partial charge in [0.15, 0.2) is 5.96 Å². The van der Waals surface area contributed by atoms with E-state index in [4.69, 9.17) is 0 Å². The van der Waals surface area contributed by atoms with Gasteiger partial charge < -0.3 is 20.5 Å². The monoisotopic (exact) mass is 519 g/mol. The number of nitrogens with zero attached hydrogens (tertiary/aromatic N) is 4. The Hall–Kier alpha value is -1.36. The minimum absolute atomic E-state index is 0. The van der Waals surface area contributed by atoms with Crippen LogP contribution in [0.25, 0.3) is 0 Å². The molecule has 8 nitrogen and oxygen atoms in total. The summed E-state index contributed by atoms with van der Waals surface area (Å²) < 4.78 is 2.18. The number of guanidine groups is 1. The summed E-state index contributed by atoms with van der Waals surface area (Å²) in [6.07, 6.45) is 9.12. The van der Waals surface area contributed by atoms with Crippen molar-refractivity contribution in [2.75, 3.05) is 39.8 Å². The summed E-state index contributed by atoms with van der Waals surface area (Å²) in [7, 11) is 1.82. The third-order valence-corrected chi connectivity index (χ3v) is 5.13. The molecule has 2 heterocycles. The molecule has 1 aliphatic heterocycles. The number of unbranched alkanes of at least 4 members (excludes halogenated alkanes) is 1. The van der Waals surface area contributed by atoms with Gasteiger partial charge in [-0.1, -0.05) is 6.92 Å². The zero-order chi connectivity index (χ0) is 20.2. The molecule has 0 atom stereocenters. The van der Waals surface area contributed by atoms with Gasteiger partial charge in [-0.25, -0.2) is 4.98 Å². The second kappa shape index (κ2) is 14.6. The highest BCUT2D eigenvalue weighted by Crippen LogP contribution is 2.09. The number of halogens is 1. The van der Waals surface area contributed by atoms with Crippen molar-refractivity contribution in [3.63, 3.8) is 0 Å². The molecule has 0 radical (unpaired) electrons. The van der Waals surface area contributed by atoms with E-state index in [0.717, 1.165) is 76.6 Å². The van der Waals surface area contributed by atoms with E-state index in [1.807, 2.05) is 26.4 Å². The first kappa shape index (κ1) is 25.7. The molecular weight excluding hydrogens is 481 g/mol. The van der Waals surface area contributed by atoms with E-state index < -0.39 is 0 Å². The molecule has 0 bridgehead atoms. The number of imidazole rings is 1. The van der Waals surface area contributed by atoms with E-state index in [1.54, 1.807) is 0 Å². The lowest BCUT2D eigenvalue weighted by molar-refractivity contribution is -0.122. The number of carbonyl (C=O) groups excluding carboxylic acids is 1. The largest absolute Gasteiger partial charge is 0.356 e. The number of aromatic nitrogens is 2. The number of rotatable bonds is 10. The smallest absolute Gasteiger partial charge is 0.234 e. The predicted octanol–water partition coefficient (Wildman–Crippen LogP) is 1.75. The van der Waals surface area contributed by atoms with Crippen LogP contribution in [0, 0.1) is 6.92 Å². The molecule has 9 heteroatoms. The summed E-state index contributed by atoms with van der Waals surface area (Å²) in [6.45, 7) is 9.17. The quantitative estimate of drug-likeness (QED) is 0.190. The lowest BCUT2D eigenvalue weighted by atomic mass is 10.1. The molecule has 0 aliphatic carbocycles. The van der Waals surface area contributed by atoms with Gasteiger partial charge in [-0.05, 0) is 39.0 Å². The van der Waals surface area contributed by atoms with Crippen LogP contribution in [-0.4, -0.2) is 72.1 Å². The highest BCUT2D eigenvalue weighted by atomic mass is 127. The average molecular weight is 519 g/mol. The van der Waals surface area contributed by atoms with Gasteiger partial charge in [0.1, 0.15) is 5.82 Å². The molecule has 1 aromatic rings. The van der Waals surface area contributed by atoms with E-state index in [1.165, 1.54) is 0 Å². The van der Waals surface area contributed by atoms with E-state index >= 15 is 0 Å². The Labute approximate surface area is 192 Å². The molecule has 1 amide bonds. The predicted molar refractivity (Wildman–Crippen MR) is 129 cm³/mol. The van der Waals surface area contributed by atoms with Crippen LogP contribution in [-0.2, 0) is 11.3 Å². The number of piperidine rings is 1. The maximum Gasteiger partial charge on any atom is 0.234 e. The number of aliphatic imine (C=N–C) groups is 1. The molecule has 0 unspecified atom stereocenters. The van der Waals surface area contributed by atoms with Gasteiger partial charge in [-0.3, -0.25) is 14.7 Å². The van der Waals surface area contributed by atoms with Gasteiger partial charge in [-0.15, -0.1) is 24.0 Å².